The van der Waals surface area contributed by atoms with E-state index in [2.05, 4.69) is 10.3 Å². The quantitative estimate of drug-likeness (QED) is 0.592. The van der Waals surface area contributed by atoms with Gasteiger partial charge >= 0.3 is 5.97 Å². The molecule has 1 atom stereocenters. The molecule has 0 fully saturated rings. The van der Waals surface area contributed by atoms with Crippen LogP contribution in [0.2, 0.25) is 0 Å². The fraction of sp³-hybridized carbons (Fsp3) is 0.455. The van der Waals surface area contributed by atoms with Crippen molar-refractivity contribution in [2.45, 2.75) is 26.3 Å². The second kappa shape index (κ2) is 5.95. The Balaban J connectivity index is 2.83. The van der Waals surface area contributed by atoms with E-state index in [1.807, 2.05) is 13.8 Å². The Labute approximate surface area is 104 Å². The molecule has 0 aromatic carbocycles. The first-order valence-electron chi connectivity index (χ1n) is 5.50. The molecule has 0 radical (unpaired) electrons. The topological polar surface area (TPSA) is 105 Å². The average molecular weight is 253 g/mol. The van der Waals surface area contributed by atoms with Crippen LogP contribution in [0.1, 0.15) is 20.3 Å². The molecule has 7 heteroatoms. The predicted molar refractivity (Wildman–Crippen MR) is 65.4 cm³/mol. The maximum atomic E-state index is 11.0. The largest absolute Gasteiger partial charge is 0.480 e. The molecule has 0 saturated heterocycles. The number of hydrogen-bond donors (Lipinski definition) is 2. The number of carboxylic acids is 1. The molecule has 0 bridgehead atoms. The molecular weight excluding hydrogens is 238 g/mol. The first-order chi connectivity index (χ1) is 8.40. The highest BCUT2D eigenvalue weighted by Crippen LogP contribution is 2.16. The maximum absolute atomic E-state index is 11.0. The molecular formula is C11H15N3O4. The number of hydrogen-bond acceptors (Lipinski definition) is 5. The van der Waals surface area contributed by atoms with Gasteiger partial charge in [-0.25, -0.2) is 9.78 Å². The van der Waals surface area contributed by atoms with E-state index in [4.69, 9.17) is 5.11 Å². The minimum absolute atomic E-state index is 0.124. The molecule has 1 aromatic heterocycles. The summed E-state index contributed by atoms with van der Waals surface area (Å²) in [5, 5.41) is 22.3. The van der Waals surface area contributed by atoms with Crippen molar-refractivity contribution in [2.75, 3.05) is 5.32 Å². The number of carboxylic acid groups (broad SMARTS) is 1. The Morgan fingerprint density at radius 2 is 2.28 bits per heavy atom. The van der Waals surface area contributed by atoms with Crippen LogP contribution in [0.3, 0.4) is 0 Å². The second-order valence-corrected chi connectivity index (χ2v) is 4.32. The number of carbonyl (C=O) groups is 1. The second-order valence-electron chi connectivity index (χ2n) is 4.32. The lowest BCUT2D eigenvalue weighted by Gasteiger charge is -2.16. The van der Waals surface area contributed by atoms with E-state index in [0.29, 0.717) is 6.42 Å². The molecule has 1 heterocycles. The number of anilines is 1. The number of nitro groups is 1. The third kappa shape index (κ3) is 4.00. The van der Waals surface area contributed by atoms with Gasteiger partial charge in [0.05, 0.1) is 11.0 Å². The Morgan fingerprint density at radius 1 is 1.61 bits per heavy atom. The molecule has 0 saturated carbocycles. The zero-order chi connectivity index (χ0) is 13.7. The lowest BCUT2D eigenvalue weighted by molar-refractivity contribution is -0.384. The minimum atomic E-state index is -1.00. The summed E-state index contributed by atoms with van der Waals surface area (Å²) in [7, 11) is 0. The zero-order valence-electron chi connectivity index (χ0n) is 10.2. The van der Waals surface area contributed by atoms with Crippen LogP contribution in [0.5, 0.6) is 0 Å². The Morgan fingerprint density at radius 3 is 2.78 bits per heavy atom. The van der Waals surface area contributed by atoms with Crippen molar-refractivity contribution in [1.82, 2.24) is 4.98 Å². The summed E-state index contributed by atoms with van der Waals surface area (Å²) < 4.78 is 0. The van der Waals surface area contributed by atoms with Crippen molar-refractivity contribution >= 4 is 17.5 Å². The van der Waals surface area contributed by atoms with Crippen LogP contribution < -0.4 is 5.32 Å². The molecule has 2 N–H and O–H groups in total. The third-order valence-corrected chi connectivity index (χ3v) is 2.28. The van der Waals surface area contributed by atoms with Gasteiger partial charge in [0.15, 0.2) is 0 Å². The first kappa shape index (κ1) is 13.9. The fourth-order valence-electron chi connectivity index (χ4n) is 1.48. The van der Waals surface area contributed by atoms with Gasteiger partial charge in [-0.2, -0.15) is 0 Å². The van der Waals surface area contributed by atoms with Gasteiger partial charge in [-0.1, -0.05) is 13.8 Å². The first-order valence-corrected chi connectivity index (χ1v) is 5.50. The van der Waals surface area contributed by atoms with Gasteiger partial charge in [-0.3, -0.25) is 10.1 Å². The minimum Gasteiger partial charge on any atom is -0.480 e. The van der Waals surface area contributed by atoms with Gasteiger partial charge in [0.25, 0.3) is 5.69 Å². The highest BCUT2D eigenvalue weighted by Gasteiger charge is 2.19. The van der Waals surface area contributed by atoms with Gasteiger partial charge in [-0.05, 0) is 12.3 Å². The van der Waals surface area contributed by atoms with Crippen LogP contribution in [-0.2, 0) is 4.79 Å². The van der Waals surface area contributed by atoms with Gasteiger partial charge in [-0.15, -0.1) is 0 Å². The standard InChI is InChI=1S/C11H15N3O4/c1-7(2)5-9(11(15)16)13-10-6-8(14(17)18)3-4-12-10/h3-4,6-7,9H,5H2,1-2H3,(H,12,13)(H,15,16). The van der Waals surface area contributed by atoms with Gasteiger partial charge in [0.2, 0.25) is 0 Å². The van der Waals surface area contributed by atoms with Crippen LogP contribution in [0.15, 0.2) is 18.3 Å². The van der Waals surface area contributed by atoms with E-state index in [9.17, 15) is 14.9 Å². The summed E-state index contributed by atoms with van der Waals surface area (Å²) in [6.45, 7) is 3.80. The van der Waals surface area contributed by atoms with Crippen molar-refractivity contribution in [3.05, 3.63) is 28.4 Å². The highest BCUT2D eigenvalue weighted by molar-refractivity contribution is 5.77. The van der Waals surface area contributed by atoms with Crippen LogP contribution in [0.25, 0.3) is 0 Å². The summed E-state index contributed by atoms with van der Waals surface area (Å²) in [5.74, 6) is -0.619. The molecule has 1 aromatic rings. The van der Waals surface area contributed by atoms with E-state index >= 15 is 0 Å². The number of aliphatic carboxylic acids is 1. The van der Waals surface area contributed by atoms with Gasteiger partial charge in [0, 0.05) is 12.3 Å². The highest BCUT2D eigenvalue weighted by atomic mass is 16.6. The number of pyridine rings is 1. The molecule has 18 heavy (non-hydrogen) atoms. The molecule has 98 valence electrons. The summed E-state index contributed by atoms with van der Waals surface area (Å²) in [6.07, 6.45) is 1.69. The number of rotatable bonds is 6. The molecule has 0 spiro atoms. The van der Waals surface area contributed by atoms with Crippen LogP contribution >= 0.6 is 0 Å². The van der Waals surface area contributed by atoms with E-state index < -0.39 is 16.9 Å². The fourth-order valence-corrected chi connectivity index (χ4v) is 1.48. The molecule has 0 aliphatic rings. The van der Waals surface area contributed by atoms with E-state index in [0.717, 1.165) is 0 Å². The Bertz CT molecular complexity index is 448. The average Bonchev–Trinajstić information content (AvgIpc) is 2.27. The predicted octanol–water partition coefficient (Wildman–Crippen LogP) is 1.90. The monoisotopic (exact) mass is 253 g/mol. The molecule has 0 amide bonds. The lowest BCUT2D eigenvalue weighted by Crippen LogP contribution is -2.31. The van der Waals surface area contributed by atoms with Crippen molar-refractivity contribution in [1.29, 1.82) is 0 Å². The van der Waals surface area contributed by atoms with E-state index in [-0.39, 0.29) is 17.4 Å². The summed E-state index contributed by atoms with van der Waals surface area (Å²) in [5.41, 5.74) is -0.124. The van der Waals surface area contributed by atoms with Crippen LogP contribution in [-0.4, -0.2) is 27.0 Å². The van der Waals surface area contributed by atoms with Crippen molar-refractivity contribution in [3.63, 3.8) is 0 Å². The number of nitrogens with zero attached hydrogens (tertiary/aromatic N) is 2. The van der Waals surface area contributed by atoms with Gasteiger partial charge < -0.3 is 10.4 Å². The van der Waals surface area contributed by atoms with Gasteiger partial charge in [0.1, 0.15) is 11.9 Å². The summed E-state index contributed by atoms with van der Waals surface area (Å²) >= 11 is 0. The molecule has 1 rings (SSSR count). The molecule has 1 unspecified atom stereocenters. The van der Waals surface area contributed by atoms with Crippen LogP contribution in [0, 0.1) is 16.0 Å². The van der Waals surface area contributed by atoms with Crippen molar-refractivity contribution in [2.24, 2.45) is 5.92 Å². The van der Waals surface area contributed by atoms with E-state index in [1.54, 1.807) is 0 Å². The van der Waals surface area contributed by atoms with E-state index in [1.165, 1.54) is 18.3 Å². The Hall–Kier alpha value is -2.18. The lowest BCUT2D eigenvalue weighted by atomic mass is 10.0. The van der Waals surface area contributed by atoms with Crippen molar-refractivity contribution < 1.29 is 14.8 Å². The number of nitrogens with one attached hydrogen (secondary N) is 1. The zero-order valence-corrected chi connectivity index (χ0v) is 10.2. The third-order valence-electron chi connectivity index (χ3n) is 2.28. The van der Waals surface area contributed by atoms with Crippen molar-refractivity contribution in [3.8, 4) is 0 Å². The number of aromatic nitrogens is 1. The molecule has 0 aliphatic heterocycles. The van der Waals surface area contributed by atoms with Crippen LogP contribution in [0.4, 0.5) is 11.5 Å². The maximum Gasteiger partial charge on any atom is 0.326 e. The summed E-state index contributed by atoms with van der Waals surface area (Å²) in [6, 6.07) is 1.67. The molecule has 7 nitrogen and oxygen atoms in total. The Kier molecular flexibility index (Phi) is 4.59. The normalized spacial score (nSPS) is 12.2. The SMILES string of the molecule is CC(C)CC(Nc1cc([N+](=O)[O-])ccn1)C(=O)O. The smallest absolute Gasteiger partial charge is 0.326 e. The summed E-state index contributed by atoms with van der Waals surface area (Å²) in [4.78, 5) is 24.9. The molecule has 0 aliphatic carbocycles.